The van der Waals surface area contributed by atoms with Gasteiger partial charge in [-0.1, -0.05) is 12.7 Å². The third kappa shape index (κ3) is 3.23. The van der Waals surface area contributed by atoms with Crippen LogP contribution in [-0.4, -0.2) is 24.0 Å². The van der Waals surface area contributed by atoms with Crippen molar-refractivity contribution in [2.45, 2.75) is 31.4 Å². The summed E-state index contributed by atoms with van der Waals surface area (Å²) in [6, 6.07) is -0.135. The Labute approximate surface area is 89.0 Å². The van der Waals surface area contributed by atoms with E-state index in [4.69, 9.17) is 4.74 Å². The second-order valence-corrected chi connectivity index (χ2v) is 3.40. The first-order valence-electron chi connectivity index (χ1n) is 4.89. The van der Waals surface area contributed by atoms with Gasteiger partial charge in [-0.2, -0.15) is 0 Å². The van der Waals surface area contributed by atoms with Crippen LogP contribution in [-0.2, 0) is 14.3 Å². The topological polar surface area (TPSA) is 55.4 Å². The molecule has 0 aliphatic carbocycles. The van der Waals surface area contributed by atoms with Crippen LogP contribution >= 0.6 is 0 Å². The first-order chi connectivity index (χ1) is 7.17. The van der Waals surface area contributed by atoms with Crippen LogP contribution in [0.1, 0.15) is 19.3 Å². The molecular formula is C11H15NO3. The molecule has 15 heavy (non-hydrogen) atoms. The molecule has 0 aromatic heterocycles. The van der Waals surface area contributed by atoms with Crippen LogP contribution in [0.15, 0.2) is 25.3 Å². The molecule has 0 aromatic rings. The molecule has 82 valence electrons. The summed E-state index contributed by atoms with van der Waals surface area (Å²) in [4.78, 5) is 22.2. The van der Waals surface area contributed by atoms with Crippen LogP contribution in [0.5, 0.6) is 0 Å². The van der Waals surface area contributed by atoms with E-state index in [0.717, 1.165) is 0 Å². The number of rotatable bonds is 5. The molecule has 0 radical (unpaired) electrons. The monoisotopic (exact) mass is 209 g/mol. The number of carbonyl (C=O) groups is 2. The van der Waals surface area contributed by atoms with Crippen molar-refractivity contribution in [2.24, 2.45) is 0 Å². The first-order valence-corrected chi connectivity index (χ1v) is 4.89. The molecule has 1 saturated heterocycles. The van der Waals surface area contributed by atoms with Gasteiger partial charge in [-0.25, -0.2) is 0 Å². The number of nitrogens with one attached hydrogen (secondary N) is 1. The van der Waals surface area contributed by atoms with Crippen LogP contribution in [0.3, 0.4) is 0 Å². The van der Waals surface area contributed by atoms with Crippen LogP contribution in [0.4, 0.5) is 0 Å². The van der Waals surface area contributed by atoms with E-state index in [1.165, 1.54) is 12.2 Å². The molecule has 1 heterocycles. The van der Waals surface area contributed by atoms with E-state index >= 15 is 0 Å². The fourth-order valence-corrected chi connectivity index (χ4v) is 1.50. The molecule has 2 atom stereocenters. The highest BCUT2D eigenvalue weighted by Crippen LogP contribution is 2.14. The Morgan fingerprint density at radius 2 is 2.40 bits per heavy atom. The Hall–Kier alpha value is -1.58. The lowest BCUT2D eigenvalue weighted by Crippen LogP contribution is -2.38. The molecule has 4 heteroatoms. The highest BCUT2D eigenvalue weighted by atomic mass is 16.5. The number of amides is 1. The van der Waals surface area contributed by atoms with Crippen LogP contribution in [0, 0.1) is 0 Å². The minimum atomic E-state index is -0.441. The van der Waals surface area contributed by atoms with E-state index in [1.807, 2.05) is 0 Å². The predicted octanol–water partition coefficient (Wildman–Crippen LogP) is 0.939. The van der Waals surface area contributed by atoms with E-state index in [-0.39, 0.29) is 24.3 Å². The van der Waals surface area contributed by atoms with Gasteiger partial charge in [0.2, 0.25) is 5.91 Å². The number of hydrogen-bond acceptors (Lipinski definition) is 3. The fourth-order valence-electron chi connectivity index (χ4n) is 1.50. The van der Waals surface area contributed by atoms with Crippen LogP contribution in [0.2, 0.25) is 0 Å². The largest absolute Gasteiger partial charge is 0.456 e. The van der Waals surface area contributed by atoms with Gasteiger partial charge in [0.25, 0.3) is 0 Å². The van der Waals surface area contributed by atoms with Gasteiger partial charge in [0.05, 0.1) is 12.5 Å². The maximum absolute atomic E-state index is 11.2. The molecule has 0 saturated carbocycles. The predicted molar refractivity (Wildman–Crippen MR) is 56.1 cm³/mol. The van der Waals surface area contributed by atoms with Crippen molar-refractivity contribution >= 4 is 11.9 Å². The lowest BCUT2D eigenvalue weighted by Gasteiger charge is -2.19. The average molecular weight is 209 g/mol. The van der Waals surface area contributed by atoms with Gasteiger partial charge >= 0.3 is 5.97 Å². The summed E-state index contributed by atoms with van der Waals surface area (Å²) in [5.41, 5.74) is 0. The molecule has 2 unspecified atom stereocenters. The summed E-state index contributed by atoms with van der Waals surface area (Å²) in [5.74, 6) is -0.359. The zero-order valence-electron chi connectivity index (χ0n) is 8.57. The summed E-state index contributed by atoms with van der Waals surface area (Å²) in [6.45, 7) is 7.04. The first kappa shape index (κ1) is 11.5. The molecule has 1 amide bonds. The molecule has 1 rings (SSSR count). The Bertz CT molecular complexity index is 286. The molecule has 1 N–H and O–H groups in total. The molecule has 4 nitrogen and oxygen atoms in total. The Kier molecular flexibility index (Phi) is 4.09. The highest BCUT2D eigenvalue weighted by Gasteiger charge is 2.29. The minimum Gasteiger partial charge on any atom is -0.456 e. The zero-order chi connectivity index (χ0) is 11.3. The Morgan fingerprint density at radius 3 is 2.87 bits per heavy atom. The maximum atomic E-state index is 11.2. The summed E-state index contributed by atoms with van der Waals surface area (Å²) < 4.78 is 5.13. The van der Waals surface area contributed by atoms with E-state index < -0.39 is 6.10 Å². The number of hydrogen-bond donors (Lipinski definition) is 1. The number of ether oxygens (including phenoxy) is 1. The SMILES string of the molecule is C=CCC(=O)OC(C=C)C1CCC(=O)N1. The quantitative estimate of drug-likeness (QED) is 0.541. The van der Waals surface area contributed by atoms with Gasteiger partial charge in [0, 0.05) is 6.42 Å². The standard InChI is InChI=1S/C11H15NO3/c1-3-5-11(14)15-9(4-2)8-6-7-10(13)12-8/h3-4,8-9H,1-2,5-7H2,(H,12,13). The van der Waals surface area contributed by atoms with Crippen molar-refractivity contribution in [3.63, 3.8) is 0 Å². The van der Waals surface area contributed by atoms with Crippen molar-refractivity contribution in [2.75, 3.05) is 0 Å². The molecule has 1 fully saturated rings. The van der Waals surface area contributed by atoms with Gasteiger partial charge in [0.15, 0.2) is 0 Å². The lowest BCUT2D eigenvalue weighted by molar-refractivity contribution is -0.147. The maximum Gasteiger partial charge on any atom is 0.310 e. The Morgan fingerprint density at radius 1 is 1.67 bits per heavy atom. The van der Waals surface area contributed by atoms with Gasteiger partial charge in [-0.3, -0.25) is 9.59 Å². The molecular weight excluding hydrogens is 194 g/mol. The minimum absolute atomic E-state index is 0.00776. The summed E-state index contributed by atoms with van der Waals surface area (Å²) in [5, 5.41) is 2.74. The molecule has 1 aliphatic rings. The summed E-state index contributed by atoms with van der Waals surface area (Å²) >= 11 is 0. The van der Waals surface area contributed by atoms with Crippen LogP contribution in [0.25, 0.3) is 0 Å². The van der Waals surface area contributed by atoms with Crippen LogP contribution < -0.4 is 5.32 Å². The normalized spacial score (nSPS) is 21.6. The molecule has 1 aliphatic heterocycles. The molecule has 0 aromatic carbocycles. The number of esters is 1. The highest BCUT2D eigenvalue weighted by molar-refractivity contribution is 5.78. The van der Waals surface area contributed by atoms with E-state index in [9.17, 15) is 9.59 Å². The number of carbonyl (C=O) groups excluding carboxylic acids is 2. The van der Waals surface area contributed by atoms with Crippen molar-refractivity contribution in [3.05, 3.63) is 25.3 Å². The smallest absolute Gasteiger partial charge is 0.310 e. The fraction of sp³-hybridized carbons (Fsp3) is 0.455. The Balaban J connectivity index is 2.48. The average Bonchev–Trinajstić information content (AvgIpc) is 2.61. The van der Waals surface area contributed by atoms with Gasteiger partial charge in [0.1, 0.15) is 6.10 Å². The van der Waals surface area contributed by atoms with E-state index in [1.54, 1.807) is 0 Å². The van der Waals surface area contributed by atoms with Gasteiger partial charge in [-0.15, -0.1) is 6.58 Å². The second kappa shape index (κ2) is 5.34. The van der Waals surface area contributed by atoms with Crippen molar-refractivity contribution in [1.82, 2.24) is 5.32 Å². The van der Waals surface area contributed by atoms with Crippen molar-refractivity contribution in [1.29, 1.82) is 0 Å². The molecule has 0 spiro atoms. The summed E-state index contributed by atoms with van der Waals surface area (Å²) in [6.07, 6.45) is 3.91. The lowest BCUT2D eigenvalue weighted by atomic mass is 10.1. The third-order valence-corrected chi connectivity index (χ3v) is 2.24. The van der Waals surface area contributed by atoms with E-state index in [0.29, 0.717) is 12.8 Å². The zero-order valence-corrected chi connectivity index (χ0v) is 8.57. The molecule has 0 bridgehead atoms. The summed E-state index contributed by atoms with van der Waals surface area (Å²) in [7, 11) is 0. The van der Waals surface area contributed by atoms with Crippen molar-refractivity contribution in [3.8, 4) is 0 Å². The van der Waals surface area contributed by atoms with E-state index in [2.05, 4.69) is 18.5 Å². The van der Waals surface area contributed by atoms with Gasteiger partial charge < -0.3 is 10.1 Å². The van der Waals surface area contributed by atoms with Gasteiger partial charge in [-0.05, 0) is 12.5 Å². The third-order valence-electron chi connectivity index (χ3n) is 2.24. The second-order valence-electron chi connectivity index (χ2n) is 3.40. The van der Waals surface area contributed by atoms with Crippen molar-refractivity contribution < 1.29 is 14.3 Å².